The average molecular weight is 426 g/mol. The van der Waals surface area contributed by atoms with E-state index in [-0.39, 0.29) is 24.3 Å². The molecule has 7 heteroatoms. The number of amides is 2. The minimum absolute atomic E-state index is 0.0420. The predicted octanol–water partition coefficient (Wildman–Crippen LogP) is 5.02. The zero-order valence-electron chi connectivity index (χ0n) is 16.3. The summed E-state index contributed by atoms with van der Waals surface area (Å²) in [5, 5.41) is 9.19. The van der Waals surface area contributed by atoms with Crippen molar-refractivity contribution in [2.45, 2.75) is 13.0 Å². The van der Waals surface area contributed by atoms with Gasteiger partial charge in [-0.1, -0.05) is 41.9 Å². The first kappa shape index (κ1) is 21.5. The molecule has 30 heavy (non-hydrogen) atoms. The number of anilines is 2. The van der Waals surface area contributed by atoms with Crippen LogP contribution in [0.25, 0.3) is 0 Å². The zero-order chi connectivity index (χ0) is 21.5. The number of para-hydroxylation sites is 1. The molecule has 0 saturated carbocycles. The van der Waals surface area contributed by atoms with Crippen molar-refractivity contribution >= 4 is 34.8 Å². The molecule has 3 N–H and O–H groups in total. The van der Waals surface area contributed by atoms with Crippen LogP contribution in [0.3, 0.4) is 0 Å². The zero-order valence-corrected chi connectivity index (χ0v) is 17.0. The van der Waals surface area contributed by atoms with Crippen LogP contribution < -0.4 is 16.0 Å². The fourth-order valence-corrected chi connectivity index (χ4v) is 3.20. The van der Waals surface area contributed by atoms with Crippen molar-refractivity contribution in [3.05, 3.63) is 94.8 Å². The Morgan fingerprint density at radius 3 is 2.33 bits per heavy atom. The Labute approximate surface area is 179 Å². The Hall–Kier alpha value is -3.22. The van der Waals surface area contributed by atoms with E-state index in [1.165, 1.54) is 24.3 Å². The van der Waals surface area contributed by atoms with Crippen LogP contribution in [0.2, 0.25) is 5.02 Å². The molecule has 0 aliphatic heterocycles. The maximum Gasteiger partial charge on any atom is 0.257 e. The van der Waals surface area contributed by atoms with Gasteiger partial charge in [0, 0.05) is 16.8 Å². The summed E-state index contributed by atoms with van der Waals surface area (Å²) in [5.41, 5.74) is 2.03. The highest BCUT2D eigenvalue weighted by Gasteiger charge is 2.15. The monoisotopic (exact) mass is 425 g/mol. The fraction of sp³-hybridized carbons (Fsp3) is 0.130. The summed E-state index contributed by atoms with van der Waals surface area (Å²) in [6.45, 7) is 1.96. The van der Waals surface area contributed by atoms with E-state index in [0.717, 1.165) is 5.56 Å². The van der Waals surface area contributed by atoms with Crippen molar-refractivity contribution in [1.82, 2.24) is 5.32 Å². The molecule has 0 aromatic heterocycles. The van der Waals surface area contributed by atoms with E-state index in [0.29, 0.717) is 22.0 Å². The third-order valence-electron chi connectivity index (χ3n) is 4.49. The largest absolute Gasteiger partial charge is 0.324 e. The number of carbonyl (C=O) groups excluding carboxylic acids is 2. The molecule has 0 unspecified atom stereocenters. The first-order valence-electron chi connectivity index (χ1n) is 9.37. The summed E-state index contributed by atoms with van der Waals surface area (Å²) in [6.07, 6.45) is 0. The van der Waals surface area contributed by atoms with Crippen molar-refractivity contribution < 1.29 is 14.0 Å². The van der Waals surface area contributed by atoms with Crippen LogP contribution in [-0.2, 0) is 4.79 Å². The number of halogens is 2. The van der Waals surface area contributed by atoms with E-state index >= 15 is 0 Å². The average Bonchev–Trinajstić information content (AvgIpc) is 2.74. The van der Waals surface area contributed by atoms with Crippen molar-refractivity contribution in [1.29, 1.82) is 0 Å². The van der Waals surface area contributed by atoms with Crippen LogP contribution in [0.1, 0.15) is 28.9 Å². The van der Waals surface area contributed by atoms with E-state index < -0.39 is 5.91 Å². The Bertz CT molecular complexity index is 1040. The van der Waals surface area contributed by atoms with Gasteiger partial charge in [0.05, 0.1) is 17.8 Å². The Morgan fingerprint density at radius 2 is 1.60 bits per heavy atom. The summed E-state index contributed by atoms with van der Waals surface area (Å²) in [7, 11) is 0. The second-order valence-corrected chi connectivity index (χ2v) is 7.09. The molecule has 0 aliphatic carbocycles. The lowest BCUT2D eigenvalue weighted by Crippen LogP contribution is -2.30. The lowest BCUT2D eigenvalue weighted by Gasteiger charge is -2.16. The van der Waals surface area contributed by atoms with Gasteiger partial charge in [-0.05, 0) is 55.0 Å². The molecule has 0 aliphatic rings. The first-order chi connectivity index (χ1) is 14.4. The third-order valence-corrected chi connectivity index (χ3v) is 4.83. The maximum absolute atomic E-state index is 13.0. The normalized spacial score (nSPS) is 11.6. The standard InChI is InChI=1S/C23H21ClFN3O2/c1-15(18-6-2-4-8-20(18)24)26-14-22(29)28-21-9-5-3-7-19(21)23(30)27-17-12-10-16(25)11-13-17/h2-13,15,26H,14H2,1H3,(H,27,30)(H,28,29)/t15-/m1/s1. The molecule has 3 aromatic rings. The van der Waals surface area contributed by atoms with E-state index in [1.54, 1.807) is 30.3 Å². The Morgan fingerprint density at radius 1 is 0.933 bits per heavy atom. The van der Waals surface area contributed by atoms with Crippen LogP contribution >= 0.6 is 11.6 Å². The molecule has 1 atom stereocenters. The highest BCUT2D eigenvalue weighted by molar-refractivity contribution is 6.31. The van der Waals surface area contributed by atoms with Gasteiger partial charge in [0.1, 0.15) is 5.82 Å². The summed E-state index contributed by atoms with van der Waals surface area (Å²) in [5.74, 6) is -1.09. The Balaban J connectivity index is 1.62. The maximum atomic E-state index is 13.0. The number of carbonyl (C=O) groups is 2. The van der Waals surface area contributed by atoms with Crippen LogP contribution in [0.4, 0.5) is 15.8 Å². The molecule has 0 bridgehead atoms. The van der Waals surface area contributed by atoms with Gasteiger partial charge < -0.3 is 16.0 Å². The van der Waals surface area contributed by atoms with Gasteiger partial charge in [0.2, 0.25) is 5.91 Å². The first-order valence-corrected chi connectivity index (χ1v) is 9.75. The molecule has 5 nitrogen and oxygen atoms in total. The van der Waals surface area contributed by atoms with E-state index in [9.17, 15) is 14.0 Å². The fourth-order valence-electron chi connectivity index (χ4n) is 2.90. The van der Waals surface area contributed by atoms with E-state index in [1.807, 2.05) is 25.1 Å². The van der Waals surface area contributed by atoms with Gasteiger partial charge in [-0.15, -0.1) is 0 Å². The Kier molecular flexibility index (Phi) is 7.17. The number of rotatable bonds is 7. The van der Waals surface area contributed by atoms with Crippen molar-refractivity contribution in [2.75, 3.05) is 17.2 Å². The smallest absolute Gasteiger partial charge is 0.257 e. The molecule has 3 aromatic carbocycles. The van der Waals surface area contributed by atoms with Crippen molar-refractivity contribution in [3.8, 4) is 0 Å². The third kappa shape index (κ3) is 5.65. The number of hydrogen-bond donors (Lipinski definition) is 3. The molecule has 0 fully saturated rings. The van der Waals surface area contributed by atoms with E-state index in [4.69, 9.17) is 11.6 Å². The second kappa shape index (κ2) is 10.0. The minimum atomic E-state index is -0.407. The predicted molar refractivity (Wildman–Crippen MR) is 117 cm³/mol. The van der Waals surface area contributed by atoms with Gasteiger partial charge in [0.25, 0.3) is 5.91 Å². The summed E-state index contributed by atoms with van der Waals surface area (Å²) in [4.78, 5) is 25.0. The molecule has 2 amide bonds. The quantitative estimate of drug-likeness (QED) is 0.497. The SMILES string of the molecule is C[C@@H](NCC(=O)Nc1ccccc1C(=O)Nc1ccc(F)cc1)c1ccccc1Cl. The molecule has 0 heterocycles. The lowest BCUT2D eigenvalue weighted by atomic mass is 10.1. The summed E-state index contributed by atoms with van der Waals surface area (Å²) < 4.78 is 13.0. The number of benzene rings is 3. The van der Waals surface area contributed by atoms with Gasteiger partial charge in [-0.2, -0.15) is 0 Å². The van der Waals surface area contributed by atoms with Gasteiger partial charge in [-0.3, -0.25) is 9.59 Å². The minimum Gasteiger partial charge on any atom is -0.324 e. The second-order valence-electron chi connectivity index (χ2n) is 6.68. The summed E-state index contributed by atoms with van der Waals surface area (Å²) >= 11 is 6.19. The van der Waals surface area contributed by atoms with Gasteiger partial charge in [0.15, 0.2) is 0 Å². The molecule has 0 saturated heterocycles. The topological polar surface area (TPSA) is 70.2 Å². The van der Waals surface area contributed by atoms with Crippen LogP contribution in [0.5, 0.6) is 0 Å². The van der Waals surface area contributed by atoms with Gasteiger partial charge >= 0.3 is 0 Å². The number of hydrogen-bond acceptors (Lipinski definition) is 3. The van der Waals surface area contributed by atoms with Gasteiger partial charge in [-0.25, -0.2) is 4.39 Å². The highest BCUT2D eigenvalue weighted by atomic mass is 35.5. The molecule has 154 valence electrons. The molecule has 0 radical (unpaired) electrons. The molecular weight excluding hydrogens is 405 g/mol. The summed E-state index contributed by atoms with van der Waals surface area (Å²) in [6, 6.07) is 19.4. The van der Waals surface area contributed by atoms with E-state index in [2.05, 4.69) is 16.0 Å². The number of nitrogens with one attached hydrogen (secondary N) is 3. The molecule has 0 spiro atoms. The van der Waals surface area contributed by atoms with Crippen LogP contribution in [-0.4, -0.2) is 18.4 Å². The van der Waals surface area contributed by atoms with Crippen LogP contribution in [0, 0.1) is 5.82 Å². The molecule has 3 rings (SSSR count). The van der Waals surface area contributed by atoms with Crippen LogP contribution in [0.15, 0.2) is 72.8 Å². The highest BCUT2D eigenvalue weighted by Crippen LogP contribution is 2.22. The van der Waals surface area contributed by atoms with Crippen molar-refractivity contribution in [3.63, 3.8) is 0 Å². The lowest BCUT2D eigenvalue weighted by molar-refractivity contribution is -0.115. The molecular formula is C23H21ClFN3O2. The van der Waals surface area contributed by atoms with Crippen molar-refractivity contribution in [2.24, 2.45) is 0 Å².